The largest absolute Gasteiger partial charge is 0.425 e. The molecule has 5 heteroatoms. The van der Waals surface area contributed by atoms with Crippen molar-refractivity contribution in [3.05, 3.63) is 42.2 Å². The van der Waals surface area contributed by atoms with Crippen LogP contribution in [-0.4, -0.2) is 15.9 Å². The average molecular weight is 464 g/mol. The predicted octanol–water partition coefficient (Wildman–Crippen LogP) is 7.84. The van der Waals surface area contributed by atoms with Gasteiger partial charge in [0.2, 0.25) is 0 Å². The minimum absolute atomic E-state index is 0.440. The number of hydrogen-bond acceptors (Lipinski definition) is 5. The summed E-state index contributed by atoms with van der Waals surface area (Å²) in [5, 5.41) is 9.73. The molecule has 0 aliphatic rings. The Morgan fingerprint density at radius 1 is 0.882 bits per heavy atom. The van der Waals surface area contributed by atoms with Crippen LogP contribution in [0.3, 0.4) is 0 Å². The van der Waals surface area contributed by atoms with E-state index in [0.29, 0.717) is 24.4 Å². The number of esters is 1. The number of carbonyl (C=O) groups is 1. The van der Waals surface area contributed by atoms with Crippen LogP contribution >= 0.6 is 0 Å². The second-order valence-electron chi connectivity index (χ2n) is 9.20. The summed E-state index contributed by atoms with van der Waals surface area (Å²) in [6.07, 6.45) is 17.6. The third kappa shape index (κ3) is 8.56. The number of aryl methyl sites for hydroxylation is 1. The van der Waals surface area contributed by atoms with Crippen LogP contribution in [0.2, 0.25) is 0 Å². The van der Waals surface area contributed by atoms with E-state index in [9.17, 15) is 10.1 Å². The Labute approximate surface area is 206 Å². The van der Waals surface area contributed by atoms with E-state index in [1.54, 1.807) is 12.1 Å². The zero-order chi connectivity index (χ0) is 24.7. The summed E-state index contributed by atoms with van der Waals surface area (Å²) in [7, 11) is 0. The van der Waals surface area contributed by atoms with E-state index in [2.05, 4.69) is 29.9 Å². The summed E-state index contributed by atoms with van der Waals surface area (Å²) < 4.78 is 5.61. The standard InChI is InChI=1S/C29H41N3O2/c1-4-7-9-11-12-13-15-24-21-31-27(32-22-24)25-16-18-26(19-17-25)34-28(33)29(6-3,23-30)20-14-10-8-5-2/h16-19,21-22H,4-15,20H2,1-3H3. The van der Waals surface area contributed by atoms with E-state index in [-0.39, 0.29) is 0 Å². The van der Waals surface area contributed by atoms with Gasteiger partial charge in [0.1, 0.15) is 5.75 Å². The van der Waals surface area contributed by atoms with Crippen LogP contribution in [0.4, 0.5) is 0 Å². The molecule has 1 aromatic heterocycles. The predicted molar refractivity (Wildman–Crippen MR) is 137 cm³/mol. The van der Waals surface area contributed by atoms with E-state index in [4.69, 9.17) is 4.74 Å². The molecular formula is C29H41N3O2. The molecule has 0 bridgehead atoms. The van der Waals surface area contributed by atoms with Crippen LogP contribution in [0, 0.1) is 16.7 Å². The van der Waals surface area contributed by atoms with E-state index in [0.717, 1.165) is 43.2 Å². The lowest BCUT2D eigenvalue weighted by Gasteiger charge is -2.22. The first-order chi connectivity index (χ1) is 16.6. The Kier molecular flexibility index (Phi) is 12.3. The summed E-state index contributed by atoms with van der Waals surface area (Å²) in [6, 6.07) is 9.44. The highest BCUT2D eigenvalue weighted by molar-refractivity contribution is 5.82. The number of ether oxygens (including phenoxy) is 1. The fourth-order valence-electron chi connectivity index (χ4n) is 4.08. The number of unbranched alkanes of at least 4 members (excludes halogenated alkanes) is 8. The molecule has 0 saturated heterocycles. The lowest BCUT2D eigenvalue weighted by atomic mass is 9.81. The summed E-state index contributed by atoms with van der Waals surface area (Å²) in [4.78, 5) is 21.9. The quantitative estimate of drug-likeness (QED) is 0.144. The highest BCUT2D eigenvalue weighted by Crippen LogP contribution is 2.31. The maximum absolute atomic E-state index is 12.8. The van der Waals surface area contributed by atoms with Crippen LogP contribution in [0.15, 0.2) is 36.7 Å². The molecule has 0 aliphatic heterocycles. The van der Waals surface area contributed by atoms with Crippen molar-refractivity contribution in [2.24, 2.45) is 5.41 Å². The molecule has 2 aromatic rings. The number of nitrogens with zero attached hydrogens (tertiary/aromatic N) is 3. The lowest BCUT2D eigenvalue weighted by Crippen LogP contribution is -2.33. The van der Waals surface area contributed by atoms with Gasteiger partial charge in [-0.1, -0.05) is 78.6 Å². The minimum Gasteiger partial charge on any atom is -0.425 e. The average Bonchev–Trinajstić information content (AvgIpc) is 2.87. The van der Waals surface area contributed by atoms with Gasteiger partial charge < -0.3 is 4.74 Å². The minimum atomic E-state index is -1.08. The first-order valence-electron chi connectivity index (χ1n) is 13.1. The molecule has 0 spiro atoms. The van der Waals surface area contributed by atoms with Crippen molar-refractivity contribution in [3.8, 4) is 23.2 Å². The van der Waals surface area contributed by atoms with Crippen LogP contribution < -0.4 is 4.74 Å². The highest BCUT2D eigenvalue weighted by atomic mass is 16.5. The van der Waals surface area contributed by atoms with Crippen LogP contribution in [-0.2, 0) is 11.2 Å². The smallest absolute Gasteiger partial charge is 0.331 e. The van der Waals surface area contributed by atoms with Crippen molar-refractivity contribution in [2.45, 2.75) is 104 Å². The summed E-state index contributed by atoms with van der Waals surface area (Å²) in [5.41, 5.74) is 0.949. The molecule has 2 rings (SSSR count). The fourth-order valence-corrected chi connectivity index (χ4v) is 4.08. The number of aromatic nitrogens is 2. The normalized spacial score (nSPS) is 12.6. The molecule has 1 unspecified atom stereocenters. The number of rotatable bonds is 16. The molecule has 184 valence electrons. The van der Waals surface area contributed by atoms with Gasteiger partial charge in [-0.3, -0.25) is 0 Å². The van der Waals surface area contributed by atoms with Crippen LogP contribution in [0.25, 0.3) is 11.4 Å². The summed E-state index contributed by atoms with van der Waals surface area (Å²) in [6.45, 7) is 6.26. The zero-order valence-electron chi connectivity index (χ0n) is 21.3. The molecule has 0 N–H and O–H groups in total. The van der Waals surface area contributed by atoms with E-state index in [1.807, 2.05) is 31.5 Å². The number of carbonyl (C=O) groups excluding carboxylic acids is 1. The van der Waals surface area contributed by atoms with Crippen LogP contribution in [0.1, 0.15) is 103 Å². The zero-order valence-corrected chi connectivity index (χ0v) is 21.3. The summed E-state index contributed by atoms with van der Waals surface area (Å²) >= 11 is 0. The summed E-state index contributed by atoms with van der Waals surface area (Å²) in [5.74, 6) is 0.632. The SMILES string of the molecule is CCCCCCCCc1cnc(-c2ccc(OC(=O)C(C#N)(CC)CCCCCC)cc2)nc1. The van der Waals surface area contributed by atoms with Gasteiger partial charge in [-0.25, -0.2) is 14.8 Å². The molecule has 0 saturated carbocycles. The Morgan fingerprint density at radius 2 is 1.47 bits per heavy atom. The molecule has 5 nitrogen and oxygen atoms in total. The van der Waals surface area contributed by atoms with E-state index < -0.39 is 11.4 Å². The topological polar surface area (TPSA) is 75.9 Å². The monoisotopic (exact) mass is 463 g/mol. The fraction of sp³-hybridized carbons (Fsp3) is 0.586. The van der Waals surface area contributed by atoms with Crippen LogP contribution in [0.5, 0.6) is 5.75 Å². The molecule has 0 aliphatic carbocycles. The van der Waals surface area contributed by atoms with Gasteiger partial charge in [-0.15, -0.1) is 0 Å². The Balaban J connectivity index is 1.91. The Morgan fingerprint density at radius 3 is 2.06 bits per heavy atom. The molecular weight excluding hydrogens is 422 g/mol. The van der Waals surface area contributed by atoms with Gasteiger partial charge in [0.05, 0.1) is 6.07 Å². The van der Waals surface area contributed by atoms with Gasteiger partial charge in [0.15, 0.2) is 11.2 Å². The van der Waals surface area contributed by atoms with Gasteiger partial charge in [0.25, 0.3) is 0 Å². The molecule has 0 radical (unpaired) electrons. The van der Waals surface area contributed by atoms with Crippen molar-refractivity contribution in [1.82, 2.24) is 9.97 Å². The van der Waals surface area contributed by atoms with Crippen molar-refractivity contribution < 1.29 is 9.53 Å². The molecule has 0 amide bonds. The van der Waals surface area contributed by atoms with Crippen molar-refractivity contribution in [3.63, 3.8) is 0 Å². The van der Waals surface area contributed by atoms with Crippen molar-refractivity contribution in [2.75, 3.05) is 0 Å². The number of nitriles is 1. The second kappa shape index (κ2) is 15.2. The molecule has 1 heterocycles. The van der Waals surface area contributed by atoms with Gasteiger partial charge in [-0.05, 0) is 55.5 Å². The van der Waals surface area contributed by atoms with Crippen molar-refractivity contribution >= 4 is 5.97 Å². The molecule has 1 atom stereocenters. The second-order valence-corrected chi connectivity index (χ2v) is 9.20. The van der Waals surface area contributed by atoms with Gasteiger partial charge in [0, 0.05) is 18.0 Å². The highest BCUT2D eigenvalue weighted by Gasteiger charge is 2.38. The number of benzene rings is 1. The molecule has 1 aromatic carbocycles. The maximum atomic E-state index is 12.8. The van der Waals surface area contributed by atoms with E-state index in [1.165, 1.54) is 38.5 Å². The van der Waals surface area contributed by atoms with Crippen molar-refractivity contribution in [1.29, 1.82) is 5.26 Å². The maximum Gasteiger partial charge on any atom is 0.331 e. The Bertz CT molecular complexity index is 887. The third-order valence-corrected chi connectivity index (χ3v) is 6.51. The lowest BCUT2D eigenvalue weighted by molar-refractivity contribution is -0.143. The number of hydrogen-bond donors (Lipinski definition) is 0. The molecule has 0 fully saturated rings. The van der Waals surface area contributed by atoms with Gasteiger partial charge >= 0.3 is 5.97 Å². The molecule has 34 heavy (non-hydrogen) atoms. The third-order valence-electron chi connectivity index (χ3n) is 6.51. The Hall–Kier alpha value is -2.74. The first kappa shape index (κ1) is 27.5. The van der Waals surface area contributed by atoms with Gasteiger partial charge in [-0.2, -0.15) is 5.26 Å². The first-order valence-corrected chi connectivity index (χ1v) is 13.1. The van der Waals surface area contributed by atoms with E-state index >= 15 is 0 Å².